The normalized spacial score (nSPS) is 26.5. The molecule has 1 unspecified atom stereocenters. The third kappa shape index (κ3) is 1.66. The molecular formula is C11H20. The third-order valence-corrected chi connectivity index (χ3v) is 3.03. The minimum absolute atomic E-state index is 0.700. The van der Waals surface area contributed by atoms with Crippen molar-refractivity contribution in [1.29, 1.82) is 0 Å². The van der Waals surface area contributed by atoms with E-state index in [0.29, 0.717) is 5.41 Å². The average molecular weight is 152 g/mol. The van der Waals surface area contributed by atoms with Gasteiger partial charge in [0.05, 0.1) is 0 Å². The van der Waals surface area contributed by atoms with Crippen LogP contribution < -0.4 is 0 Å². The lowest BCUT2D eigenvalue weighted by Gasteiger charge is -2.13. The van der Waals surface area contributed by atoms with Crippen LogP contribution in [-0.2, 0) is 0 Å². The van der Waals surface area contributed by atoms with Crippen molar-refractivity contribution in [3.05, 3.63) is 12.7 Å². The SMILES string of the molecule is C=CC1CC1(CCC)CCC. The smallest absolute Gasteiger partial charge is 0.0174 e. The standard InChI is InChI=1S/C11H20/c1-4-7-11(8-5-2)9-10(11)6-3/h6,10H,3-5,7-9H2,1-2H3. The Morgan fingerprint density at radius 3 is 2.18 bits per heavy atom. The lowest BCUT2D eigenvalue weighted by Crippen LogP contribution is -2.01. The third-order valence-electron chi connectivity index (χ3n) is 3.03. The van der Waals surface area contributed by atoms with Crippen molar-refractivity contribution in [3.63, 3.8) is 0 Å². The van der Waals surface area contributed by atoms with Gasteiger partial charge < -0.3 is 0 Å². The summed E-state index contributed by atoms with van der Waals surface area (Å²) in [5.74, 6) is 0.849. The zero-order chi connectivity index (χ0) is 8.32. The fourth-order valence-corrected chi connectivity index (χ4v) is 2.41. The maximum atomic E-state index is 3.88. The second-order valence-corrected chi connectivity index (χ2v) is 3.91. The van der Waals surface area contributed by atoms with E-state index < -0.39 is 0 Å². The van der Waals surface area contributed by atoms with Gasteiger partial charge in [0.2, 0.25) is 0 Å². The van der Waals surface area contributed by atoms with Crippen molar-refractivity contribution in [1.82, 2.24) is 0 Å². The van der Waals surface area contributed by atoms with E-state index in [4.69, 9.17) is 0 Å². The maximum Gasteiger partial charge on any atom is -0.0174 e. The second kappa shape index (κ2) is 3.42. The monoisotopic (exact) mass is 152 g/mol. The van der Waals surface area contributed by atoms with E-state index in [1.54, 1.807) is 0 Å². The molecule has 0 aromatic rings. The van der Waals surface area contributed by atoms with E-state index in [1.165, 1.54) is 32.1 Å². The van der Waals surface area contributed by atoms with E-state index in [9.17, 15) is 0 Å². The number of allylic oxidation sites excluding steroid dienone is 1. The molecule has 1 aliphatic carbocycles. The van der Waals surface area contributed by atoms with Gasteiger partial charge in [-0.2, -0.15) is 0 Å². The number of rotatable bonds is 5. The first kappa shape index (κ1) is 8.83. The van der Waals surface area contributed by atoms with E-state index >= 15 is 0 Å². The molecule has 0 bridgehead atoms. The first-order valence-corrected chi connectivity index (χ1v) is 4.91. The minimum atomic E-state index is 0.700. The molecule has 0 aromatic heterocycles. The summed E-state index contributed by atoms with van der Waals surface area (Å²) in [6.07, 6.45) is 9.08. The first-order valence-electron chi connectivity index (χ1n) is 4.91. The quantitative estimate of drug-likeness (QED) is 0.526. The summed E-state index contributed by atoms with van der Waals surface area (Å²) in [4.78, 5) is 0. The molecule has 0 spiro atoms. The summed E-state index contributed by atoms with van der Waals surface area (Å²) in [7, 11) is 0. The highest BCUT2D eigenvalue weighted by Crippen LogP contribution is 2.59. The number of hydrogen-bond donors (Lipinski definition) is 0. The largest absolute Gasteiger partial charge is 0.103 e. The van der Waals surface area contributed by atoms with Gasteiger partial charge in [-0.15, -0.1) is 6.58 Å². The van der Waals surface area contributed by atoms with Gasteiger partial charge >= 0.3 is 0 Å². The van der Waals surface area contributed by atoms with Crippen molar-refractivity contribution in [2.45, 2.75) is 46.0 Å². The Morgan fingerprint density at radius 1 is 1.36 bits per heavy atom. The number of hydrogen-bond acceptors (Lipinski definition) is 0. The van der Waals surface area contributed by atoms with Crippen LogP contribution in [0.3, 0.4) is 0 Å². The van der Waals surface area contributed by atoms with Crippen molar-refractivity contribution >= 4 is 0 Å². The summed E-state index contributed by atoms with van der Waals surface area (Å²) in [6, 6.07) is 0. The van der Waals surface area contributed by atoms with Gasteiger partial charge in [-0.3, -0.25) is 0 Å². The molecule has 0 aromatic carbocycles. The lowest BCUT2D eigenvalue weighted by atomic mass is 9.92. The van der Waals surface area contributed by atoms with Crippen LogP contribution in [0.25, 0.3) is 0 Å². The second-order valence-electron chi connectivity index (χ2n) is 3.91. The molecule has 1 aliphatic rings. The lowest BCUT2D eigenvalue weighted by molar-refractivity contribution is 0.397. The summed E-state index contributed by atoms with van der Waals surface area (Å²) in [6.45, 7) is 8.46. The van der Waals surface area contributed by atoms with Gasteiger partial charge in [-0.25, -0.2) is 0 Å². The summed E-state index contributed by atoms with van der Waals surface area (Å²) >= 11 is 0. The molecule has 1 fully saturated rings. The molecule has 1 rings (SSSR count). The molecule has 0 radical (unpaired) electrons. The molecule has 0 heteroatoms. The molecule has 0 heterocycles. The van der Waals surface area contributed by atoms with E-state index in [2.05, 4.69) is 26.5 Å². The van der Waals surface area contributed by atoms with Gasteiger partial charge in [0, 0.05) is 0 Å². The molecule has 0 nitrogen and oxygen atoms in total. The van der Waals surface area contributed by atoms with Gasteiger partial charge in [-0.1, -0.05) is 32.8 Å². The topological polar surface area (TPSA) is 0 Å². The average Bonchev–Trinajstić information content (AvgIpc) is 2.65. The molecule has 0 aliphatic heterocycles. The van der Waals surface area contributed by atoms with Crippen LogP contribution in [0, 0.1) is 11.3 Å². The molecule has 64 valence electrons. The molecule has 0 N–H and O–H groups in total. The summed E-state index contributed by atoms with van der Waals surface area (Å²) < 4.78 is 0. The van der Waals surface area contributed by atoms with Crippen LogP contribution in [0.5, 0.6) is 0 Å². The maximum absolute atomic E-state index is 3.88. The Balaban J connectivity index is 2.40. The van der Waals surface area contributed by atoms with Gasteiger partial charge in [0.25, 0.3) is 0 Å². The predicted molar refractivity (Wildman–Crippen MR) is 50.6 cm³/mol. The minimum Gasteiger partial charge on any atom is -0.103 e. The van der Waals surface area contributed by atoms with E-state index in [1.807, 2.05) is 0 Å². The fourth-order valence-electron chi connectivity index (χ4n) is 2.41. The van der Waals surface area contributed by atoms with Crippen molar-refractivity contribution in [2.24, 2.45) is 11.3 Å². The Hall–Kier alpha value is -0.260. The van der Waals surface area contributed by atoms with Gasteiger partial charge in [-0.05, 0) is 30.6 Å². The van der Waals surface area contributed by atoms with Crippen molar-refractivity contribution in [2.75, 3.05) is 0 Å². The summed E-state index contributed by atoms with van der Waals surface area (Å²) in [5.41, 5.74) is 0.700. The highest BCUT2D eigenvalue weighted by molar-refractivity contribution is 5.09. The Bertz CT molecular complexity index is 129. The van der Waals surface area contributed by atoms with Crippen molar-refractivity contribution < 1.29 is 0 Å². The highest BCUT2D eigenvalue weighted by Gasteiger charge is 2.49. The molecule has 1 atom stereocenters. The zero-order valence-corrected chi connectivity index (χ0v) is 7.90. The van der Waals surface area contributed by atoms with Crippen LogP contribution in [0.15, 0.2) is 12.7 Å². The Morgan fingerprint density at radius 2 is 1.91 bits per heavy atom. The molecule has 0 saturated heterocycles. The highest BCUT2D eigenvalue weighted by atomic mass is 14.5. The Labute approximate surface area is 70.7 Å². The van der Waals surface area contributed by atoms with Crippen LogP contribution in [0.4, 0.5) is 0 Å². The first-order chi connectivity index (χ1) is 5.29. The van der Waals surface area contributed by atoms with Crippen LogP contribution in [-0.4, -0.2) is 0 Å². The predicted octanol–water partition coefficient (Wildman–Crippen LogP) is 3.78. The zero-order valence-electron chi connectivity index (χ0n) is 7.90. The van der Waals surface area contributed by atoms with Crippen LogP contribution in [0.1, 0.15) is 46.0 Å². The van der Waals surface area contributed by atoms with E-state index in [0.717, 1.165) is 5.92 Å². The van der Waals surface area contributed by atoms with E-state index in [-0.39, 0.29) is 0 Å². The van der Waals surface area contributed by atoms with Crippen molar-refractivity contribution in [3.8, 4) is 0 Å². The molecule has 0 amide bonds. The Kier molecular flexibility index (Phi) is 2.75. The van der Waals surface area contributed by atoms with Crippen LogP contribution in [0.2, 0.25) is 0 Å². The van der Waals surface area contributed by atoms with Gasteiger partial charge in [0.1, 0.15) is 0 Å². The molecular weight excluding hydrogens is 132 g/mol. The van der Waals surface area contributed by atoms with Crippen LogP contribution >= 0.6 is 0 Å². The molecule has 1 saturated carbocycles. The summed E-state index contributed by atoms with van der Waals surface area (Å²) in [5, 5.41) is 0. The van der Waals surface area contributed by atoms with Gasteiger partial charge in [0.15, 0.2) is 0 Å². The fraction of sp³-hybridized carbons (Fsp3) is 0.818. The molecule has 11 heavy (non-hydrogen) atoms.